The zero-order valence-corrected chi connectivity index (χ0v) is 19.2. The van der Waals surface area contributed by atoms with Crippen molar-refractivity contribution in [2.75, 3.05) is 48.9 Å². The molecule has 1 saturated heterocycles. The predicted molar refractivity (Wildman–Crippen MR) is 126 cm³/mol. The third-order valence-electron chi connectivity index (χ3n) is 5.32. The number of ether oxygens (including phenoxy) is 1. The van der Waals surface area contributed by atoms with Crippen molar-refractivity contribution in [3.63, 3.8) is 0 Å². The topological polar surface area (TPSA) is 107 Å². The third kappa shape index (κ3) is 5.15. The number of morpholine rings is 1. The molecule has 0 unspecified atom stereocenters. The predicted octanol–water partition coefficient (Wildman–Crippen LogP) is 3.08. The van der Waals surface area contributed by atoms with E-state index in [-0.39, 0.29) is 17.3 Å². The molecule has 3 aromatic rings. The molecule has 33 heavy (non-hydrogen) atoms. The number of amides is 1. The van der Waals surface area contributed by atoms with Crippen molar-refractivity contribution >= 4 is 35.0 Å². The molecule has 1 aromatic heterocycles. The van der Waals surface area contributed by atoms with E-state index < -0.39 is 4.92 Å². The smallest absolute Gasteiger partial charge is 0.269 e. The Morgan fingerprint density at radius 1 is 1.18 bits per heavy atom. The first kappa shape index (κ1) is 22.7. The van der Waals surface area contributed by atoms with E-state index in [1.165, 1.54) is 28.8 Å². The Hall–Kier alpha value is -3.44. The van der Waals surface area contributed by atoms with Crippen LogP contribution in [-0.2, 0) is 9.53 Å². The Labute approximate surface area is 195 Å². The van der Waals surface area contributed by atoms with Crippen molar-refractivity contribution in [3.05, 3.63) is 64.2 Å². The van der Waals surface area contributed by atoms with E-state index in [0.717, 1.165) is 30.3 Å². The number of carbonyl (C=O) groups is 1. The molecular weight excluding hydrogens is 444 g/mol. The van der Waals surface area contributed by atoms with E-state index in [4.69, 9.17) is 4.74 Å². The Bertz CT molecular complexity index is 1140. The summed E-state index contributed by atoms with van der Waals surface area (Å²) < 4.78 is 7.44. The van der Waals surface area contributed by atoms with Gasteiger partial charge in [-0.15, -0.1) is 10.2 Å². The van der Waals surface area contributed by atoms with Gasteiger partial charge in [0.25, 0.3) is 5.69 Å². The average Bonchev–Trinajstić information content (AvgIpc) is 3.26. The first-order chi connectivity index (χ1) is 15.9. The largest absolute Gasteiger partial charge is 0.378 e. The van der Waals surface area contributed by atoms with Crippen LogP contribution in [0.4, 0.5) is 17.3 Å². The van der Waals surface area contributed by atoms with Crippen LogP contribution in [0.3, 0.4) is 0 Å². The number of hydrogen-bond donors (Lipinski definition) is 0. The molecular formula is C22H24N6O4S. The van der Waals surface area contributed by atoms with E-state index >= 15 is 0 Å². The number of rotatable bonds is 7. The normalized spacial score (nSPS) is 13.7. The molecule has 0 spiro atoms. The van der Waals surface area contributed by atoms with E-state index in [1.54, 1.807) is 19.2 Å². The van der Waals surface area contributed by atoms with Crippen molar-refractivity contribution in [2.45, 2.75) is 12.1 Å². The minimum absolute atomic E-state index is 0.0177. The van der Waals surface area contributed by atoms with Gasteiger partial charge < -0.3 is 14.5 Å². The summed E-state index contributed by atoms with van der Waals surface area (Å²) in [5.74, 6) is 0.712. The summed E-state index contributed by atoms with van der Waals surface area (Å²) in [5.41, 5.74) is 2.61. The van der Waals surface area contributed by atoms with Gasteiger partial charge in [-0.3, -0.25) is 19.5 Å². The van der Waals surface area contributed by atoms with Crippen LogP contribution in [0.2, 0.25) is 0 Å². The Morgan fingerprint density at radius 2 is 1.91 bits per heavy atom. The maximum absolute atomic E-state index is 12.8. The molecule has 0 aliphatic carbocycles. The highest BCUT2D eigenvalue weighted by atomic mass is 32.2. The van der Waals surface area contributed by atoms with Gasteiger partial charge in [-0.2, -0.15) is 0 Å². The summed E-state index contributed by atoms with van der Waals surface area (Å²) in [7, 11) is 1.65. The van der Waals surface area contributed by atoms with E-state index in [2.05, 4.69) is 21.2 Å². The number of benzene rings is 2. The number of hydrogen-bond acceptors (Lipinski definition) is 8. The van der Waals surface area contributed by atoms with Crippen LogP contribution >= 0.6 is 11.8 Å². The lowest BCUT2D eigenvalue weighted by atomic mass is 10.2. The minimum atomic E-state index is -0.467. The molecule has 1 fully saturated rings. The minimum Gasteiger partial charge on any atom is -0.378 e. The van der Waals surface area contributed by atoms with Gasteiger partial charge in [0.05, 0.1) is 29.6 Å². The zero-order chi connectivity index (χ0) is 23.4. The summed E-state index contributed by atoms with van der Waals surface area (Å²) in [6.45, 7) is 4.72. The number of aryl methyl sites for hydroxylation is 1. The fraction of sp³-hybridized carbons (Fsp3) is 0.318. The van der Waals surface area contributed by atoms with E-state index in [0.29, 0.717) is 24.1 Å². The van der Waals surface area contributed by atoms with Crippen molar-refractivity contribution in [1.82, 2.24) is 14.8 Å². The fourth-order valence-corrected chi connectivity index (χ4v) is 4.34. The first-order valence-corrected chi connectivity index (χ1v) is 11.4. The highest BCUT2D eigenvalue weighted by molar-refractivity contribution is 7.99. The van der Waals surface area contributed by atoms with Crippen LogP contribution < -0.4 is 9.80 Å². The van der Waals surface area contributed by atoms with Crippen molar-refractivity contribution in [1.29, 1.82) is 0 Å². The van der Waals surface area contributed by atoms with Gasteiger partial charge in [0.1, 0.15) is 0 Å². The van der Waals surface area contributed by atoms with Gasteiger partial charge in [-0.1, -0.05) is 23.9 Å². The maximum atomic E-state index is 12.8. The maximum Gasteiger partial charge on any atom is 0.269 e. The summed E-state index contributed by atoms with van der Waals surface area (Å²) >= 11 is 1.30. The molecule has 11 heteroatoms. The molecule has 172 valence electrons. The quantitative estimate of drug-likeness (QED) is 0.296. The zero-order valence-electron chi connectivity index (χ0n) is 18.4. The Morgan fingerprint density at radius 3 is 2.58 bits per heavy atom. The van der Waals surface area contributed by atoms with Crippen LogP contribution in [-0.4, -0.2) is 64.7 Å². The number of non-ortho nitro benzene ring substituents is 1. The number of anilines is 2. The average molecular weight is 469 g/mol. The number of thioether (sulfide) groups is 1. The van der Waals surface area contributed by atoms with Gasteiger partial charge in [-0.25, -0.2) is 0 Å². The second-order valence-corrected chi connectivity index (χ2v) is 8.51. The number of carbonyl (C=O) groups excluding carboxylic acids is 1. The Kier molecular flexibility index (Phi) is 6.90. The van der Waals surface area contributed by atoms with Gasteiger partial charge >= 0.3 is 0 Å². The monoisotopic (exact) mass is 468 g/mol. The summed E-state index contributed by atoms with van der Waals surface area (Å²) in [5, 5.41) is 20.3. The third-order valence-corrected chi connectivity index (χ3v) is 6.23. The molecule has 2 heterocycles. The van der Waals surface area contributed by atoms with Crippen LogP contribution in [0.5, 0.6) is 0 Å². The lowest BCUT2D eigenvalue weighted by Crippen LogP contribution is -2.37. The van der Waals surface area contributed by atoms with Gasteiger partial charge in [-0.05, 0) is 36.8 Å². The molecule has 4 rings (SSSR count). The fourth-order valence-electron chi connectivity index (χ4n) is 3.48. The molecule has 1 aliphatic rings. The van der Waals surface area contributed by atoms with Gasteiger partial charge in [0.2, 0.25) is 11.9 Å². The summed E-state index contributed by atoms with van der Waals surface area (Å²) in [6.07, 6.45) is 0. The Balaban J connectivity index is 1.54. The lowest BCUT2D eigenvalue weighted by molar-refractivity contribution is -0.384. The van der Waals surface area contributed by atoms with Crippen LogP contribution in [0.15, 0.2) is 53.7 Å². The number of aromatic nitrogens is 3. The number of nitro benzene ring substituents is 1. The molecule has 0 bridgehead atoms. The molecule has 2 aromatic carbocycles. The first-order valence-electron chi connectivity index (χ1n) is 10.4. The van der Waals surface area contributed by atoms with Crippen LogP contribution in [0, 0.1) is 17.0 Å². The van der Waals surface area contributed by atoms with Crippen molar-refractivity contribution in [3.8, 4) is 5.69 Å². The molecule has 0 atom stereocenters. The highest BCUT2D eigenvalue weighted by Crippen LogP contribution is 2.28. The number of nitrogens with zero attached hydrogens (tertiary/aromatic N) is 6. The second kappa shape index (κ2) is 10.0. The van der Waals surface area contributed by atoms with E-state index in [1.807, 2.05) is 29.7 Å². The summed E-state index contributed by atoms with van der Waals surface area (Å²) in [6, 6.07) is 14.0. The highest BCUT2D eigenvalue weighted by Gasteiger charge is 2.23. The number of nitro groups is 1. The van der Waals surface area contributed by atoms with Crippen LogP contribution in [0.1, 0.15) is 5.56 Å². The molecule has 1 amide bonds. The summed E-state index contributed by atoms with van der Waals surface area (Å²) in [4.78, 5) is 26.8. The molecule has 0 radical (unpaired) electrons. The molecule has 0 saturated carbocycles. The molecule has 0 N–H and O–H groups in total. The lowest BCUT2D eigenvalue weighted by Gasteiger charge is -2.28. The molecule has 10 nitrogen and oxygen atoms in total. The van der Waals surface area contributed by atoms with E-state index in [9.17, 15) is 14.9 Å². The van der Waals surface area contributed by atoms with Crippen molar-refractivity contribution < 1.29 is 14.5 Å². The SMILES string of the molecule is Cc1cccc(-n2c(SCC(=O)N(C)c3ccc([N+](=O)[O-])cc3)nnc2N2CCOCC2)c1. The standard InChI is InChI=1S/C22H24N6O4S/c1-16-4-3-5-19(14-16)27-21(26-10-12-32-13-11-26)23-24-22(27)33-15-20(29)25(2)17-6-8-18(9-7-17)28(30)31/h3-9,14H,10-13,15H2,1-2H3. The van der Waals surface area contributed by atoms with Crippen molar-refractivity contribution in [2.24, 2.45) is 0 Å². The van der Waals surface area contributed by atoms with Gasteiger partial charge in [0.15, 0.2) is 5.16 Å². The van der Waals surface area contributed by atoms with Crippen LogP contribution in [0.25, 0.3) is 5.69 Å². The molecule has 1 aliphatic heterocycles. The second-order valence-electron chi connectivity index (χ2n) is 7.57. The van der Waals surface area contributed by atoms with Gasteiger partial charge in [0, 0.05) is 38.0 Å².